The van der Waals surface area contributed by atoms with Crippen molar-refractivity contribution in [1.29, 1.82) is 0 Å². The standard InChI is InChI=1S/C16H27N3O/c1-2-6-14(7-3-1)19-12-10-17-16(19)18-11-13-20-15-8-4-5-9-15/h10,12,14-15H,1-9,11,13H2,(H,17,18). The first kappa shape index (κ1) is 13.9. The Hall–Kier alpha value is -1.03. The molecule has 0 aromatic carbocycles. The van der Waals surface area contributed by atoms with Crippen LogP contribution in [0.2, 0.25) is 0 Å². The molecular weight excluding hydrogens is 250 g/mol. The van der Waals surface area contributed by atoms with E-state index in [0.717, 1.165) is 19.1 Å². The third-order valence-electron chi connectivity index (χ3n) is 4.68. The van der Waals surface area contributed by atoms with E-state index in [1.54, 1.807) is 0 Å². The lowest BCUT2D eigenvalue weighted by Crippen LogP contribution is -2.19. The highest BCUT2D eigenvalue weighted by Gasteiger charge is 2.18. The van der Waals surface area contributed by atoms with E-state index in [9.17, 15) is 0 Å². The molecule has 0 aliphatic heterocycles. The summed E-state index contributed by atoms with van der Waals surface area (Å²) in [5.41, 5.74) is 0. The average molecular weight is 277 g/mol. The molecule has 3 rings (SSSR count). The van der Waals surface area contributed by atoms with Crippen LogP contribution in [0.3, 0.4) is 0 Å². The van der Waals surface area contributed by atoms with E-state index < -0.39 is 0 Å². The van der Waals surface area contributed by atoms with Gasteiger partial charge in [-0.05, 0) is 25.7 Å². The smallest absolute Gasteiger partial charge is 0.203 e. The fraction of sp³-hybridized carbons (Fsp3) is 0.812. The third-order valence-corrected chi connectivity index (χ3v) is 4.68. The van der Waals surface area contributed by atoms with Gasteiger partial charge in [-0.15, -0.1) is 0 Å². The van der Waals surface area contributed by atoms with Crippen molar-refractivity contribution in [2.45, 2.75) is 69.9 Å². The molecule has 4 nitrogen and oxygen atoms in total. The first-order chi connectivity index (χ1) is 9.93. The van der Waals surface area contributed by atoms with Gasteiger partial charge in [0.15, 0.2) is 0 Å². The second-order valence-electron chi connectivity index (χ2n) is 6.15. The Morgan fingerprint density at radius 2 is 1.85 bits per heavy atom. The summed E-state index contributed by atoms with van der Waals surface area (Å²) in [6.45, 7) is 1.66. The minimum atomic E-state index is 0.509. The van der Waals surface area contributed by atoms with E-state index in [0.29, 0.717) is 12.1 Å². The predicted octanol–water partition coefficient (Wildman–Crippen LogP) is 3.76. The Bertz CT molecular complexity index is 392. The highest BCUT2D eigenvalue weighted by atomic mass is 16.5. The maximum atomic E-state index is 5.89. The van der Waals surface area contributed by atoms with E-state index in [1.807, 2.05) is 6.20 Å². The summed E-state index contributed by atoms with van der Waals surface area (Å²) >= 11 is 0. The molecule has 0 unspecified atom stereocenters. The normalized spacial score (nSPS) is 21.4. The predicted molar refractivity (Wildman–Crippen MR) is 81.0 cm³/mol. The van der Waals surface area contributed by atoms with E-state index >= 15 is 0 Å². The van der Waals surface area contributed by atoms with Crippen LogP contribution in [0.25, 0.3) is 0 Å². The van der Waals surface area contributed by atoms with Crippen molar-refractivity contribution < 1.29 is 4.74 Å². The fourth-order valence-corrected chi connectivity index (χ4v) is 3.55. The molecule has 1 aromatic heterocycles. The van der Waals surface area contributed by atoms with E-state index in [4.69, 9.17) is 4.74 Å². The van der Waals surface area contributed by atoms with Crippen molar-refractivity contribution in [3.8, 4) is 0 Å². The molecule has 0 bridgehead atoms. The Morgan fingerprint density at radius 1 is 1.10 bits per heavy atom. The van der Waals surface area contributed by atoms with Crippen molar-refractivity contribution in [2.75, 3.05) is 18.5 Å². The number of hydrogen-bond acceptors (Lipinski definition) is 3. The van der Waals surface area contributed by atoms with Crippen LogP contribution in [0.4, 0.5) is 5.95 Å². The van der Waals surface area contributed by atoms with Gasteiger partial charge in [0.05, 0.1) is 12.7 Å². The average Bonchev–Trinajstić information content (AvgIpc) is 3.16. The van der Waals surface area contributed by atoms with Gasteiger partial charge in [-0.25, -0.2) is 4.98 Å². The minimum absolute atomic E-state index is 0.509. The van der Waals surface area contributed by atoms with Gasteiger partial charge in [0.2, 0.25) is 5.95 Å². The summed E-state index contributed by atoms with van der Waals surface area (Å²) < 4.78 is 8.22. The van der Waals surface area contributed by atoms with E-state index in [1.165, 1.54) is 57.8 Å². The number of aromatic nitrogens is 2. The molecular formula is C16H27N3O. The van der Waals surface area contributed by atoms with Gasteiger partial charge in [0.1, 0.15) is 0 Å². The van der Waals surface area contributed by atoms with Crippen molar-refractivity contribution in [2.24, 2.45) is 0 Å². The zero-order valence-corrected chi connectivity index (χ0v) is 12.4. The molecule has 1 aromatic rings. The quantitative estimate of drug-likeness (QED) is 0.805. The molecule has 4 heteroatoms. The van der Waals surface area contributed by atoms with E-state index in [2.05, 4.69) is 21.1 Å². The molecule has 0 radical (unpaired) electrons. The molecule has 112 valence electrons. The maximum Gasteiger partial charge on any atom is 0.203 e. The summed E-state index contributed by atoms with van der Waals surface area (Å²) in [4.78, 5) is 4.46. The van der Waals surface area contributed by atoms with Crippen molar-refractivity contribution >= 4 is 5.95 Å². The van der Waals surface area contributed by atoms with Crippen LogP contribution in [0.1, 0.15) is 63.8 Å². The van der Waals surface area contributed by atoms with Crippen LogP contribution in [-0.2, 0) is 4.74 Å². The second kappa shape index (κ2) is 7.11. The Morgan fingerprint density at radius 3 is 2.65 bits per heavy atom. The van der Waals surface area contributed by atoms with Gasteiger partial charge in [0.25, 0.3) is 0 Å². The molecule has 2 aliphatic carbocycles. The number of anilines is 1. The third kappa shape index (κ3) is 3.54. The SMILES string of the molecule is c1cn(C2CCCCC2)c(NCCOC2CCCC2)n1. The Labute approximate surface area is 121 Å². The van der Waals surface area contributed by atoms with Crippen molar-refractivity contribution in [3.05, 3.63) is 12.4 Å². The minimum Gasteiger partial charge on any atom is -0.376 e. The molecule has 20 heavy (non-hydrogen) atoms. The van der Waals surface area contributed by atoms with Crippen LogP contribution in [0.5, 0.6) is 0 Å². The second-order valence-corrected chi connectivity index (χ2v) is 6.15. The lowest BCUT2D eigenvalue weighted by Gasteiger charge is -2.24. The fourth-order valence-electron chi connectivity index (χ4n) is 3.55. The molecule has 1 heterocycles. The van der Waals surface area contributed by atoms with Gasteiger partial charge < -0.3 is 14.6 Å². The first-order valence-electron chi connectivity index (χ1n) is 8.32. The van der Waals surface area contributed by atoms with Gasteiger partial charge in [0, 0.05) is 25.0 Å². The number of rotatable bonds is 6. The summed E-state index contributed by atoms with van der Waals surface area (Å²) in [5, 5.41) is 3.44. The summed E-state index contributed by atoms with van der Waals surface area (Å²) in [6, 6.07) is 0.643. The summed E-state index contributed by atoms with van der Waals surface area (Å²) in [5.74, 6) is 1.02. The van der Waals surface area contributed by atoms with Gasteiger partial charge in [-0.1, -0.05) is 32.1 Å². The van der Waals surface area contributed by atoms with Crippen LogP contribution < -0.4 is 5.32 Å². The molecule has 0 saturated heterocycles. The monoisotopic (exact) mass is 277 g/mol. The molecule has 2 aliphatic rings. The lowest BCUT2D eigenvalue weighted by molar-refractivity contribution is 0.0658. The summed E-state index contributed by atoms with van der Waals surface area (Å²) in [7, 11) is 0. The molecule has 2 saturated carbocycles. The van der Waals surface area contributed by atoms with Gasteiger partial charge in [-0.2, -0.15) is 0 Å². The number of nitrogens with one attached hydrogen (secondary N) is 1. The highest BCUT2D eigenvalue weighted by Crippen LogP contribution is 2.30. The van der Waals surface area contributed by atoms with Crippen LogP contribution >= 0.6 is 0 Å². The number of nitrogens with zero attached hydrogens (tertiary/aromatic N) is 2. The highest BCUT2D eigenvalue weighted by molar-refractivity contribution is 5.26. The largest absolute Gasteiger partial charge is 0.376 e. The zero-order valence-electron chi connectivity index (χ0n) is 12.4. The summed E-state index contributed by atoms with van der Waals surface area (Å²) in [6.07, 6.45) is 16.4. The molecule has 0 amide bonds. The van der Waals surface area contributed by atoms with Crippen molar-refractivity contribution in [1.82, 2.24) is 9.55 Å². The van der Waals surface area contributed by atoms with Crippen LogP contribution in [0, 0.1) is 0 Å². The topological polar surface area (TPSA) is 39.1 Å². The number of imidazole rings is 1. The van der Waals surface area contributed by atoms with Crippen LogP contribution in [-0.4, -0.2) is 28.8 Å². The van der Waals surface area contributed by atoms with E-state index in [-0.39, 0.29) is 0 Å². The molecule has 0 spiro atoms. The molecule has 2 fully saturated rings. The molecule has 0 atom stereocenters. The Balaban J connectivity index is 1.44. The van der Waals surface area contributed by atoms with Gasteiger partial charge >= 0.3 is 0 Å². The number of hydrogen-bond donors (Lipinski definition) is 1. The van der Waals surface area contributed by atoms with Crippen LogP contribution in [0.15, 0.2) is 12.4 Å². The first-order valence-corrected chi connectivity index (χ1v) is 8.32. The zero-order chi connectivity index (χ0) is 13.6. The molecule has 1 N–H and O–H groups in total. The maximum absolute atomic E-state index is 5.89. The Kier molecular flexibility index (Phi) is 4.96. The number of ether oxygens (including phenoxy) is 1. The van der Waals surface area contributed by atoms with Crippen molar-refractivity contribution in [3.63, 3.8) is 0 Å². The lowest BCUT2D eigenvalue weighted by atomic mass is 9.95. The van der Waals surface area contributed by atoms with Gasteiger partial charge in [-0.3, -0.25) is 0 Å².